The maximum atomic E-state index is 5.82. The Balaban J connectivity index is 1.71. The van der Waals surface area contributed by atoms with E-state index in [0.717, 1.165) is 10.2 Å². The topological polar surface area (TPSA) is 38.9 Å². The van der Waals surface area contributed by atoms with Crippen molar-refractivity contribution in [3.63, 3.8) is 0 Å². The summed E-state index contributed by atoms with van der Waals surface area (Å²) in [7, 11) is 0. The number of benzene rings is 1. The van der Waals surface area contributed by atoms with Crippen LogP contribution in [0.1, 0.15) is 34.3 Å². The average Bonchev–Trinajstić information content (AvgIpc) is 3.18. The summed E-state index contributed by atoms with van der Waals surface area (Å²) in [6.45, 7) is 0.628. The van der Waals surface area contributed by atoms with Gasteiger partial charge in [-0.2, -0.15) is 0 Å². The summed E-state index contributed by atoms with van der Waals surface area (Å²) in [4.78, 5) is 7.34. The zero-order valence-electron chi connectivity index (χ0n) is 10.4. The summed E-state index contributed by atoms with van der Waals surface area (Å²) in [5.41, 5.74) is 7.09. The minimum absolute atomic E-state index is 0.628. The van der Waals surface area contributed by atoms with Crippen LogP contribution in [0.5, 0.6) is 0 Å². The highest BCUT2D eigenvalue weighted by molar-refractivity contribution is 9.10. The van der Waals surface area contributed by atoms with Crippen molar-refractivity contribution >= 4 is 39.0 Å². The molecule has 3 rings (SSSR count). The molecule has 0 amide bonds. The third-order valence-corrected chi connectivity index (χ3v) is 6.42. The van der Waals surface area contributed by atoms with Gasteiger partial charge in [-0.15, -0.1) is 23.1 Å². The third kappa shape index (κ3) is 3.21. The molecule has 0 spiro atoms. The molecule has 1 heterocycles. The maximum absolute atomic E-state index is 5.82. The fraction of sp³-hybridized carbons (Fsp3) is 0.357. The van der Waals surface area contributed by atoms with Gasteiger partial charge in [-0.3, -0.25) is 0 Å². The standard InChI is InChI=1S/C14H15BrN2S2/c15-10-3-1-2-4-11(10)18-8-13-17-14(9-5-6-9)12(7-16)19-13/h1-4,9H,5-8,16H2. The molecule has 1 saturated carbocycles. The van der Waals surface area contributed by atoms with E-state index in [0.29, 0.717) is 12.5 Å². The van der Waals surface area contributed by atoms with Crippen LogP contribution >= 0.6 is 39.0 Å². The van der Waals surface area contributed by atoms with Crippen LogP contribution in [0.2, 0.25) is 0 Å². The van der Waals surface area contributed by atoms with Gasteiger partial charge in [0.2, 0.25) is 0 Å². The monoisotopic (exact) mass is 354 g/mol. The van der Waals surface area contributed by atoms with Gasteiger partial charge < -0.3 is 5.73 Å². The van der Waals surface area contributed by atoms with E-state index in [2.05, 4.69) is 34.1 Å². The summed E-state index contributed by atoms with van der Waals surface area (Å²) in [6, 6.07) is 8.31. The zero-order valence-corrected chi connectivity index (χ0v) is 13.7. The summed E-state index contributed by atoms with van der Waals surface area (Å²) >= 11 is 7.18. The van der Waals surface area contributed by atoms with Gasteiger partial charge in [0, 0.05) is 26.7 Å². The Hall–Kier alpha value is -0.360. The molecule has 0 atom stereocenters. The van der Waals surface area contributed by atoms with Gasteiger partial charge in [0.1, 0.15) is 5.01 Å². The molecule has 19 heavy (non-hydrogen) atoms. The highest BCUT2D eigenvalue weighted by atomic mass is 79.9. The first kappa shape index (κ1) is 13.6. The van der Waals surface area contributed by atoms with Gasteiger partial charge in [0.15, 0.2) is 0 Å². The summed E-state index contributed by atoms with van der Waals surface area (Å²) < 4.78 is 1.15. The molecule has 2 aromatic rings. The number of rotatable bonds is 5. The maximum Gasteiger partial charge on any atom is 0.103 e. The predicted molar refractivity (Wildman–Crippen MR) is 85.7 cm³/mol. The van der Waals surface area contributed by atoms with Crippen molar-refractivity contribution in [1.82, 2.24) is 4.98 Å². The largest absolute Gasteiger partial charge is 0.326 e. The van der Waals surface area contributed by atoms with E-state index < -0.39 is 0 Å². The van der Waals surface area contributed by atoms with E-state index in [1.165, 1.54) is 33.3 Å². The summed E-state index contributed by atoms with van der Waals surface area (Å²) in [5, 5.41) is 1.20. The van der Waals surface area contributed by atoms with E-state index in [9.17, 15) is 0 Å². The van der Waals surface area contributed by atoms with Gasteiger partial charge in [-0.1, -0.05) is 12.1 Å². The van der Waals surface area contributed by atoms with E-state index in [4.69, 9.17) is 10.7 Å². The lowest BCUT2D eigenvalue weighted by molar-refractivity contribution is 0.968. The van der Waals surface area contributed by atoms with Crippen LogP contribution in [-0.2, 0) is 12.3 Å². The number of aromatic nitrogens is 1. The number of halogens is 1. The normalized spacial score (nSPS) is 14.8. The molecular weight excluding hydrogens is 340 g/mol. The molecule has 1 fully saturated rings. The van der Waals surface area contributed by atoms with Crippen molar-refractivity contribution in [2.75, 3.05) is 0 Å². The molecule has 1 aromatic heterocycles. The van der Waals surface area contributed by atoms with Crippen LogP contribution in [0.4, 0.5) is 0 Å². The molecule has 1 aliphatic rings. The van der Waals surface area contributed by atoms with Gasteiger partial charge in [0.05, 0.1) is 11.4 Å². The van der Waals surface area contributed by atoms with Crippen molar-refractivity contribution in [2.24, 2.45) is 5.73 Å². The molecule has 2 nitrogen and oxygen atoms in total. The van der Waals surface area contributed by atoms with Crippen molar-refractivity contribution in [2.45, 2.75) is 36.0 Å². The number of hydrogen-bond acceptors (Lipinski definition) is 4. The Morgan fingerprint density at radius 3 is 2.84 bits per heavy atom. The minimum Gasteiger partial charge on any atom is -0.326 e. The van der Waals surface area contributed by atoms with Crippen LogP contribution in [-0.4, -0.2) is 4.98 Å². The Labute approximate surface area is 129 Å². The van der Waals surface area contributed by atoms with E-state index in [1.807, 2.05) is 17.8 Å². The number of thiazole rings is 1. The lowest BCUT2D eigenvalue weighted by atomic mass is 10.2. The fourth-order valence-corrected chi connectivity index (χ4v) is 4.59. The first-order chi connectivity index (χ1) is 9.28. The molecule has 0 unspecified atom stereocenters. The number of hydrogen-bond donors (Lipinski definition) is 1. The Bertz CT molecular complexity index is 579. The molecule has 2 N–H and O–H groups in total. The summed E-state index contributed by atoms with van der Waals surface area (Å²) in [5.74, 6) is 1.62. The van der Waals surface area contributed by atoms with Gasteiger partial charge >= 0.3 is 0 Å². The summed E-state index contributed by atoms with van der Waals surface area (Å²) in [6.07, 6.45) is 2.57. The number of thioether (sulfide) groups is 1. The minimum atomic E-state index is 0.628. The lowest BCUT2D eigenvalue weighted by Crippen LogP contribution is -1.96. The van der Waals surface area contributed by atoms with Crippen LogP contribution in [0.25, 0.3) is 0 Å². The molecule has 1 aromatic carbocycles. The zero-order chi connectivity index (χ0) is 13.2. The molecular formula is C14H15BrN2S2. The smallest absolute Gasteiger partial charge is 0.103 e. The van der Waals surface area contributed by atoms with Crippen LogP contribution in [0, 0.1) is 0 Å². The van der Waals surface area contributed by atoms with E-state index in [1.54, 1.807) is 11.3 Å². The van der Waals surface area contributed by atoms with Crippen molar-refractivity contribution < 1.29 is 0 Å². The first-order valence-electron chi connectivity index (χ1n) is 6.34. The second kappa shape index (κ2) is 5.95. The van der Waals surface area contributed by atoms with Crippen LogP contribution in [0.15, 0.2) is 33.6 Å². The van der Waals surface area contributed by atoms with E-state index in [-0.39, 0.29) is 0 Å². The highest BCUT2D eigenvalue weighted by Crippen LogP contribution is 2.43. The molecule has 0 radical (unpaired) electrons. The Morgan fingerprint density at radius 1 is 1.37 bits per heavy atom. The molecule has 1 aliphatic carbocycles. The molecule has 0 aliphatic heterocycles. The second-order valence-corrected chi connectivity index (χ2v) is 7.65. The first-order valence-corrected chi connectivity index (χ1v) is 8.93. The third-order valence-electron chi connectivity index (χ3n) is 3.11. The number of nitrogens with two attached hydrogens (primary N) is 1. The molecule has 0 saturated heterocycles. The molecule has 5 heteroatoms. The average molecular weight is 355 g/mol. The fourth-order valence-electron chi connectivity index (χ4n) is 2.00. The Kier molecular flexibility index (Phi) is 4.27. The highest BCUT2D eigenvalue weighted by Gasteiger charge is 2.29. The number of nitrogens with zero attached hydrogens (tertiary/aromatic N) is 1. The van der Waals surface area contributed by atoms with Crippen molar-refractivity contribution in [3.05, 3.63) is 44.3 Å². The SMILES string of the molecule is NCc1sc(CSc2ccccc2Br)nc1C1CC1. The molecule has 100 valence electrons. The van der Waals surface area contributed by atoms with Gasteiger partial charge in [-0.25, -0.2) is 4.98 Å². The van der Waals surface area contributed by atoms with Crippen LogP contribution in [0.3, 0.4) is 0 Å². The Morgan fingerprint density at radius 2 is 2.16 bits per heavy atom. The molecule has 0 bridgehead atoms. The lowest BCUT2D eigenvalue weighted by Gasteiger charge is -2.01. The van der Waals surface area contributed by atoms with Crippen molar-refractivity contribution in [1.29, 1.82) is 0 Å². The van der Waals surface area contributed by atoms with E-state index >= 15 is 0 Å². The second-order valence-electron chi connectivity index (χ2n) is 4.61. The van der Waals surface area contributed by atoms with Crippen LogP contribution < -0.4 is 5.73 Å². The van der Waals surface area contributed by atoms with Crippen molar-refractivity contribution in [3.8, 4) is 0 Å². The van der Waals surface area contributed by atoms with Gasteiger partial charge in [0.25, 0.3) is 0 Å². The van der Waals surface area contributed by atoms with Gasteiger partial charge in [-0.05, 0) is 40.9 Å². The predicted octanol–water partition coefficient (Wildman–Crippen LogP) is 4.53. The quantitative estimate of drug-likeness (QED) is 0.801.